The van der Waals surface area contributed by atoms with Crippen LogP contribution >= 0.6 is 0 Å². The summed E-state index contributed by atoms with van der Waals surface area (Å²) in [7, 11) is 0. The third kappa shape index (κ3) is 10.1. The maximum absolute atomic E-state index is 11.3. The smallest absolute Gasteiger partial charge is 0.330 e. The molecule has 0 heterocycles. The molecule has 0 fully saturated rings. The first-order valence-corrected chi connectivity index (χ1v) is 12.1. The van der Waals surface area contributed by atoms with Gasteiger partial charge in [0, 0.05) is 30.4 Å². The summed E-state index contributed by atoms with van der Waals surface area (Å²) in [6, 6.07) is 14.8. The Hall–Kier alpha value is -3.62. The Morgan fingerprint density at radius 2 is 1.08 bits per heavy atom. The van der Waals surface area contributed by atoms with Crippen LogP contribution in [0.1, 0.15) is 51.7 Å². The van der Waals surface area contributed by atoms with Gasteiger partial charge >= 0.3 is 11.9 Å². The monoisotopic (exact) mass is 512 g/mol. The Morgan fingerprint density at radius 1 is 0.730 bits per heavy atom. The molecule has 2 rings (SSSR count). The van der Waals surface area contributed by atoms with Gasteiger partial charge in [-0.3, -0.25) is 0 Å². The maximum Gasteiger partial charge on any atom is 0.330 e. The molecule has 2 aromatic carbocycles. The van der Waals surface area contributed by atoms with Crippen molar-refractivity contribution in [1.29, 1.82) is 0 Å². The number of carbonyl (C=O) groups excluding carboxylic acids is 2. The molecule has 0 spiro atoms. The number of carbonyl (C=O) groups is 2. The molecule has 8 heteroatoms. The third-order valence-corrected chi connectivity index (χ3v) is 5.52. The van der Waals surface area contributed by atoms with Crippen molar-refractivity contribution < 1.29 is 38.7 Å². The number of hydrogen-bond donors (Lipinski definition) is 2. The first-order valence-electron chi connectivity index (χ1n) is 12.1. The topological polar surface area (TPSA) is 112 Å². The first kappa shape index (κ1) is 29.6. The second-order valence-corrected chi connectivity index (χ2v) is 8.73. The number of allylic oxidation sites excluding steroid dienone is 2. The predicted molar refractivity (Wildman–Crippen MR) is 139 cm³/mol. The molecule has 0 aromatic heterocycles. The van der Waals surface area contributed by atoms with Crippen molar-refractivity contribution in [3.8, 4) is 11.5 Å². The summed E-state index contributed by atoms with van der Waals surface area (Å²) in [5.41, 5.74) is 1.73. The minimum atomic E-state index is -1.10. The molecule has 2 atom stereocenters. The second kappa shape index (κ2) is 14.8. The Morgan fingerprint density at radius 3 is 1.41 bits per heavy atom. The van der Waals surface area contributed by atoms with Gasteiger partial charge in [-0.05, 0) is 49.2 Å². The fourth-order valence-corrected chi connectivity index (χ4v) is 3.39. The van der Waals surface area contributed by atoms with Crippen molar-refractivity contribution in [2.45, 2.75) is 58.5 Å². The fraction of sp³-hybridized carbons (Fsp3) is 0.379. The van der Waals surface area contributed by atoms with E-state index in [0.29, 0.717) is 11.5 Å². The van der Waals surface area contributed by atoms with Gasteiger partial charge in [0.15, 0.2) is 0 Å². The van der Waals surface area contributed by atoms with Crippen LogP contribution in [0.4, 0.5) is 0 Å². The number of rotatable bonds is 14. The van der Waals surface area contributed by atoms with Crippen molar-refractivity contribution in [1.82, 2.24) is 0 Å². The van der Waals surface area contributed by atoms with Gasteiger partial charge in [-0.2, -0.15) is 0 Å². The van der Waals surface area contributed by atoms with Crippen molar-refractivity contribution in [2.75, 3.05) is 13.2 Å². The summed E-state index contributed by atoms with van der Waals surface area (Å²) < 4.78 is 20.9. The zero-order valence-electron chi connectivity index (χ0n) is 21.8. The van der Waals surface area contributed by atoms with Gasteiger partial charge in [0.2, 0.25) is 12.6 Å². The zero-order chi connectivity index (χ0) is 27.3. The maximum atomic E-state index is 11.3. The molecule has 8 nitrogen and oxygen atoms in total. The van der Waals surface area contributed by atoms with E-state index < -0.39 is 24.5 Å². The van der Waals surface area contributed by atoms with Crippen molar-refractivity contribution >= 4 is 11.9 Å². The molecule has 0 radical (unpaired) electrons. The predicted octanol–water partition coefficient (Wildman–Crippen LogP) is 4.43. The molecule has 0 aliphatic heterocycles. The van der Waals surface area contributed by atoms with Crippen LogP contribution in [-0.2, 0) is 24.5 Å². The van der Waals surface area contributed by atoms with Crippen LogP contribution < -0.4 is 9.47 Å². The average Bonchev–Trinajstić information content (AvgIpc) is 2.85. The lowest BCUT2D eigenvalue weighted by Gasteiger charge is -2.27. The highest BCUT2D eigenvalue weighted by molar-refractivity contribution is 5.82. The van der Waals surface area contributed by atoms with Gasteiger partial charge < -0.3 is 29.2 Å². The molecule has 200 valence electrons. The van der Waals surface area contributed by atoms with Crippen molar-refractivity contribution in [3.63, 3.8) is 0 Å². The van der Waals surface area contributed by atoms with E-state index in [1.165, 1.54) is 12.2 Å². The van der Waals surface area contributed by atoms with Gasteiger partial charge in [0.1, 0.15) is 11.5 Å². The quantitative estimate of drug-likeness (QED) is 0.217. The lowest BCUT2D eigenvalue weighted by molar-refractivity contribution is -0.140. The number of esters is 2. The van der Waals surface area contributed by atoms with E-state index in [2.05, 4.69) is 13.8 Å². The summed E-state index contributed by atoms with van der Waals surface area (Å²) in [6.07, 6.45) is 3.91. The van der Waals surface area contributed by atoms with Crippen LogP contribution in [0.25, 0.3) is 0 Å². The van der Waals surface area contributed by atoms with Crippen LogP contribution in [-0.4, -0.2) is 47.9 Å². The number of benzene rings is 2. The van der Waals surface area contributed by atoms with E-state index in [0.717, 1.165) is 11.1 Å². The highest BCUT2D eigenvalue weighted by atomic mass is 16.6. The zero-order valence-corrected chi connectivity index (χ0v) is 21.8. The molecule has 2 unspecified atom stereocenters. The number of ether oxygens (including phenoxy) is 4. The van der Waals surface area contributed by atoms with E-state index in [9.17, 15) is 19.8 Å². The molecule has 2 aromatic rings. The number of hydrogen-bond acceptors (Lipinski definition) is 8. The summed E-state index contributed by atoms with van der Waals surface area (Å²) in [6.45, 7) is 7.71. The Bertz CT molecular complexity index is 955. The minimum Gasteiger partial charge on any atom is -0.465 e. The second-order valence-electron chi connectivity index (χ2n) is 8.73. The van der Waals surface area contributed by atoms with Crippen LogP contribution in [0.15, 0.2) is 72.8 Å². The van der Waals surface area contributed by atoms with Gasteiger partial charge in [0.05, 0.1) is 13.2 Å². The SMILES string of the molecule is CC=CC(=O)OCCC(O)Oc1ccc(C(C)(C)c2ccc(OC(O)CCOC(=O)C=CC)cc2)cc1. The molecule has 0 amide bonds. The molecule has 37 heavy (non-hydrogen) atoms. The van der Waals surface area contributed by atoms with Crippen molar-refractivity contribution in [2.24, 2.45) is 0 Å². The first-order chi connectivity index (χ1) is 17.6. The summed E-state index contributed by atoms with van der Waals surface area (Å²) >= 11 is 0. The van der Waals surface area contributed by atoms with E-state index in [1.54, 1.807) is 50.3 Å². The van der Waals surface area contributed by atoms with Crippen LogP contribution in [0.2, 0.25) is 0 Å². The van der Waals surface area contributed by atoms with Crippen LogP contribution in [0, 0.1) is 0 Å². The van der Waals surface area contributed by atoms with Crippen LogP contribution in [0.3, 0.4) is 0 Å². The van der Waals surface area contributed by atoms with E-state index >= 15 is 0 Å². The lowest BCUT2D eigenvalue weighted by atomic mass is 9.78. The molecule has 0 aliphatic carbocycles. The normalized spacial score (nSPS) is 13.4. The van der Waals surface area contributed by atoms with Gasteiger partial charge in [0.25, 0.3) is 0 Å². The number of aliphatic hydroxyl groups is 2. The van der Waals surface area contributed by atoms with Gasteiger partial charge in [-0.15, -0.1) is 0 Å². The molecule has 2 N–H and O–H groups in total. The molecule has 0 bridgehead atoms. The van der Waals surface area contributed by atoms with Gasteiger partial charge in [-0.25, -0.2) is 9.59 Å². The summed E-state index contributed by atoms with van der Waals surface area (Å²) in [5, 5.41) is 20.1. The Kier molecular flexibility index (Phi) is 11.9. The Balaban J connectivity index is 1.89. The highest BCUT2D eigenvalue weighted by Crippen LogP contribution is 2.33. The van der Waals surface area contributed by atoms with E-state index in [4.69, 9.17) is 18.9 Å². The fourth-order valence-electron chi connectivity index (χ4n) is 3.39. The third-order valence-electron chi connectivity index (χ3n) is 5.52. The largest absolute Gasteiger partial charge is 0.465 e. The van der Waals surface area contributed by atoms with E-state index in [1.807, 2.05) is 24.3 Å². The van der Waals surface area contributed by atoms with Crippen LogP contribution in [0.5, 0.6) is 11.5 Å². The Labute approximate surface area is 218 Å². The molecule has 0 saturated heterocycles. The molecular weight excluding hydrogens is 476 g/mol. The average molecular weight is 513 g/mol. The lowest BCUT2D eigenvalue weighted by Crippen LogP contribution is -2.21. The number of aliphatic hydroxyl groups excluding tert-OH is 2. The molecule has 0 saturated carbocycles. The van der Waals surface area contributed by atoms with Crippen molar-refractivity contribution in [3.05, 3.63) is 84.0 Å². The van der Waals surface area contributed by atoms with Gasteiger partial charge in [-0.1, -0.05) is 50.3 Å². The molecular formula is C29H36O8. The van der Waals surface area contributed by atoms with E-state index in [-0.39, 0.29) is 31.5 Å². The highest BCUT2D eigenvalue weighted by Gasteiger charge is 2.23. The molecule has 0 aliphatic rings. The summed E-state index contributed by atoms with van der Waals surface area (Å²) in [4.78, 5) is 22.6. The summed E-state index contributed by atoms with van der Waals surface area (Å²) in [5.74, 6) is 0.0851. The standard InChI is InChI=1S/C29H36O8/c1-5-7-25(30)34-19-17-27(32)36-23-13-9-21(10-14-23)29(3,4)22-11-15-24(16-12-22)37-28(33)18-20-35-26(31)8-6-2/h5-16,27-28,32-33H,17-20H2,1-4H3. The minimum absolute atomic E-state index is 0.0518.